The standard InChI is InChI=1S/C24H14Cl2FN3O6/c25-15-8-14(21(19(26)10-15)36-12-13-4-1-2-7-20(13)27)9-18-22(31)28-24(33)29(23(18)32)16-5-3-6-17(11-16)30(34)35/h1-11H,12H2,(H,28,31,33)/b18-9+. The summed E-state index contributed by atoms with van der Waals surface area (Å²) in [5.41, 5.74) is -0.631. The zero-order valence-electron chi connectivity index (χ0n) is 18.0. The van der Waals surface area contributed by atoms with Crippen molar-refractivity contribution in [2.45, 2.75) is 6.61 Å². The maximum absolute atomic E-state index is 14.0. The number of hydrogen-bond donors (Lipinski definition) is 1. The maximum atomic E-state index is 14.0. The summed E-state index contributed by atoms with van der Waals surface area (Å²) >= 11 is 12.4. The molecule has 36 heavy (non-hydrogen) atoms. The molecule has 1 N–H and O–H groups in total. The van der Waals surface area contributed by atoms with Gasteiger partial charge in [0.15, 0.2) is 0 Å². The third kappa shape index (κ3) is 5.04. The molecule has 4 amide bonds. The van der Waals surface area contributed by atoms with Gasteiger partial charge in [-0.3, -0.25) is 25.0 Å². The van der Waals surface area contributed by atoms with Crippen LogP contribution in [0.15, 0.2) is 66.2 Å². The molecular weight excluding hydrogens is 516 g/mol. The van der Waals surface area contributed by atoms with Crippen molar-refractivity contribution in [1.82, 2.24) is 5.32 Å². The fraction of sp³-hybridized carbons (Fsp3) is 0.0417. The molecule has 0 spiro atoms. The summed E-state index contributed by atoms with van der Waals surface area (Å²) in [6.07, 6.45) is 1.11. The van der Waals surface area contributed by atoms with Gasteiger partial charge in [0.2, 0.25) is 0 Å². The Morgan fingerprint density at radius 1 is 1.06 bits per heavy atom. The first-order valence-electron chi connectivity index (χ1n) is 10.2. The van der Waals surface area contributed by atoms with Gasteiger partial charge in [0, 0.05) is 28.3 Å². The molecule has 4 rings (SSSR count). The average Bonchev–Trinajstić information content (AvgIpc) is 2.82. The largest absolute Gasteiger partial charge is 0.487 e. The van der Waals surface area contributed by atoms with E-state index in [0.29, 0.717) is 4.90 Å². The first-order chi connectivity index (χ1) is 17.2. The topological polar surface area (TPSA) is 119 Å². The molecule has 3 aromatic rings. The number of imide groups is 2. The molecule has 1 heterocycles. The van der Waals surface area contributed by atoms with E-state index in [-0.39, 0.29) is 44.9 Å². The van der Waals surface area contributed by atoms with E-state index in [4.69, 9.17) is 27.9 Å². The van der Waals surface area contributed by atoms with Crippen molar-refractivity contribution in [3.05, 3.63) is 103 Å². The number of nitrogens with one attached hydrogen (secondary N) is 1. The highest BCUT2D eigenvalue weighted by Crippen LogP contribution is 2.35. The lowest BCUT2D eigenvalue weighted by Crippen LogP contribution is -2.54. The Morgan fingerprint density at radius 2 is 1.81 bits per heavy atom. The Kier molecular flexibility index (Phi) is 7.00. The highest BCUT2D eigenvalue weighted by Gasteiger charge is 2.37. The van der Waals surface area contributed by atoms with Crippen LogP contribution in [0.1, 0.15) is 11.1 Å². The summed E-state index contributed by atoms with van der Waals surface area (Å²) in [5, 5.41) is 13.3. The van der Waals surface area contributed by atoms with E-state index in [2.05, 4.69) is 0 Å². The van der Waals surface area contributed by atoms with E-state index in [1.165, 1.54) is 48.5 Å². The number of carbonyl (C=O) groups excluding carboxylic acids is 3. The summed E-state index contributed by atoms with van der Waals surface area (Å²) < 4.78 is 19.7. The lowest BCUT2D eigenvalue weighted by Gasteiger charge is -2.26. The van der Waals surface area contributed by atoms with Crippen LogP contribution < -0.4 is 15.0 Å². The highest BCUT2D eigenvalue weighted by atomic mass is 35.5. The number of benzene rings is 3. The van der Waals surface area contributed by atoms with E-state index < -0.39 is 34.2 Å². The Hall–Kier alpha value is -4.28. The lowest BCUT2D eigenvalue weighted by molar-refractivity contribution is -0.384. The van der Waals surface area contributed by atoms with Crippen LogP contribution in [0, 0.1) is 15.9 Å². The van der Waals surface area contributed by atoms with Crippen LogP contribution >= 0.6 is 23.2 Å². The van der Waals surface area contributed by atoms with Crippen molar-refractivity contribution in [3.63, 3.8) is 0 Å². The van der Waals surface area contributed by atoms with Crippen LogP contribution in [0.4, 0.5) is 20.6 Å². The van der Waals surface area contributed by atoms with Crippen LogP contribution in [0.5, 0.6) is 5.75 Å². The molecule has 3 aromatic carbocycles. The molecule has 1 fully saturated rings. The SMILES string of the molecule is O=C1NC(=O)N(c2cccc([N+](=O)[O-])c2)C(=O)/C1=C/c1cc(Cl)cc(Cl)c1OCc1ccccc1F. The summed E-state index contributed by atoms with van der Waals surface area (Å²) in [6.45, 7) is -0.220. The third-order valence-electron chi connectivity index (χ3n) is 5.07. The summed E-state index contributed by atoms with van der Waals surface area (Å²) in [4.78, 5) is 49.2. The molecule has 1 saturated heterocycles. The quantitative estimate of drug-likeness (QED) is 0.200. The van der Waals surface area contributed by atoms with Crippen LogP contribution in [-0.4, -0.2) is 22.8 Å². The van der Waals surface area contributed by atoms with Crippen molar-refractivity contribution in [2.75, 3.05) is 4.90 Å². The zero-order chi connectivity index (χ0) is 26.0. The minimum Gasteiger partial charge on any atom is -0.487 e. The van der Waals surface area contributed by atoms with Gasteiger partial charge in [0.05, 0.1) is 15.6 Å². The summed E-state index contributed by atoms with van der Waals surface area (Å²) in [6, 6.07) is 12.4. The average molecular weight is 530 g/mol. The van der Waals surface area contributed by atoms with Crippen LogP contribution in [0.25, 0.3) is 6.08 Å². The van der Waals surface area contributed by atoms with E-state index >= 15 is 0 Å². The van der Waals surface area contributed by atoms with Gasteiger partial charge in [-0.15, -0.1) is 0 Å². The fourth-order valence-electron chi connectivity index (χ4n) is 3.40. The smallest absolute Gasteiger partial charge is 0.335 e. The molecule has 0 saturated carbocycles. The molecule has 0 atom stereocenters. The number of barbiturate groups is 1. The van der Waals surface area contributed by atoms with Crippen LogP contribution in [-0.2, 0) is 16.2 Å². The molecule has 1 aliphatic heterocycles. The minimum absolute atomic E-state index is 0.0104. The van der Waals surface area contributed by atoms with E-state index in [9.17, 15) is 28.9 Å². The van der Waals surface area contributed by atoms with Crippen molar-refractivity contribution >= 4 is 58.5 Å². The molecule has 1 aliphatic rings. The van der Waals surface area contributed by atoms with Gasteiger partial charge in [0.25, 0.3) is 17.5 Å². The number of halogens is 3. The Morgan fingerprint density at radius 3 is 2.53 bits per heavy atom. The number of anilines is 1. The molecule has 182 valence electrons. The van der Waals surface area contributed by atoms with Crippen molar-refractivity contribution < 1.29 is 28.4 Å². The summed E-state index contributed by atoms with van der Waals surface area (Å²) in [5.74, 6) is -2.55. The predicted octanol–water partition coefficient (Wildman–Crippen LogP) is 5.29. The normalized spacial score (nSPS) is 14.7. The van der Waals surface area contributed by atoms with Crippen LogP contribution in [0.3, 0.4) is 0 Å². The Bertz CT molecular complexity index is 1460. The number of carbonyl (C=O) groups is 3. The number of urea groups is 1. The molecule has 0 radical (unpaired) electrons. The number of hydrogen-bond acceptors (Lipinski definition) is 6. The second-order valence-corrected chi connectivity index (χ2v) is 8.26. The number of nitro groups is 1. The number of nitrogens with zero attached hydrogens (tertiary/aromatic N) is 2. The number of ether oxygens (including phenoxy) is 1. The predicted molar refractivity (Wildman–Crippen MR) is 129 cm³/mol. The highest BCUT2D eigenvalue weighted by molar-refractivity contribution is 6.40. The Labute approximate surface area is 212 Å². The molecule has 9 nitrogen and oxygen atoms in total. The van der Waals surface area contributed by atoms with Gasteiger partial charge in [-0.1, -0.05) is 47.5 Å². The second-order valence-electron chi connectivity index (χ2n) is 7.42. The molecule has 12 heteroatoms. The van der Waals surface area contributed by atoms with Gasteiger partial charge in [-0.05, 0) is 30.3 Å². The van der Waals surface area contributed by atoms with Crippen molar-refractivity contribution in [1.29, 1.82) is 0 Å². The van der Waals surface area contributed by atoms with E-state index in [1.807, 2.05) is 5.32 Å². The van der Waals surface area contributed by atoms with E-state index in [1.54, 1.807) is 6.07 Å². The fourth-order valence-corrected chi connectivity index (χ4v) is 3.96. The molecule has 0 unspecified atom stereocenters. The maximum Gasteiger partial charge on any atom is 0.335 e. The van der Waals surface area contributed by atoms with Gasteiger partial charge in [-0.25, -0.2) is 14.1 Å². The minimum atomic E-state index is -1.08. The number of non-ortho nitro benzene ring substituents is 1. The number of amides is 4. The lowest BCUT2D eigenvalue weighted by atomic mass is 10.1. The molecule has 0 bridgehead atoms. The van der Waals surface area contributed by atoms with Gasteiger partial charge >= 0.3 is 6.03 Å². The third-order valence-corrected chi connectivity index (χ3v) is 5.57. The van der Waals surface area contributed by atoms with E-state index in [0.717, 1.165) is 12.1 Å². The summed E-state index contributed by atoms with van der Waals surface area (Å²) in [7, 11) is 0. The Balaban J connectivity index is 1.73. The van der Waals surface area contributed by atoms with Gasteiger partial charge in [-0.2, -0.15) is 0 Å². The monoisotopic (exact) mass is 529 g/mol. The second kappa shape index (κ2) is 10.1. The zero-order valence-corrected chi connectivity index (χ0v) is 19.5. The van der Waals surface area contributed by atoms with Crippen LogP contribution in [0.2, 0.25) is 10.0 Å². The molecule has 0 aliphatic carbocycles. The van der Waals surface area contributed by atoms with Gasteiger partial charge in [0.1, 0.15) is 23.7 Å². The molecule has 0 aromatic heterocycles. The first kappa shape index (κ1) is 24.8. The van der Waals surface area contributed by atoms with Crippen molar-refractivity contribution in [3.8, 4) is 5.75 Å². The number of rotatable bonds is 6. The van der Waals surface area contributed by atoms with Crippen molar-refractivity contribution in [2.24, 2.45) is 0 Å². The first-order valence-corrected chi connectivity index (χ1v) is 10.9. The number of nitro benzene ring substituents is 1. The van der Waals surface area contributed by atoms with Gasteiger partial charge < -0.3 is 4.74 Å². The molecular formula is C24H14Cl2FN3O6.